The Hall–Kier alpha value is 0.360. The van der Waals surface area contributed by atoms with Gasteiger partial charge in [0.05, 0.1) is 4.32 Å². The van der Waals surface area contributed by atoms with E-state index in [4.69, 9.17) is 0 Å². The normalized spacial score (nSPS) is 22.3. The van der Waals surface area contributed by atoms with E-state index in [1.54, 1.807) is 0 Å². The summed E-state index contributed by atoms with van der Waals surface area (Å²) in [7, 11) is 0. The van der Waals surface area contributed by atoms with E-state index < -0.39 is 0 Å². The van der Waals surface area contributed by atoms with Crippen molar-refractivity contribution in [3.05, 3.63) is 56.4 Å². The third kappa shape index (κ3) is 5.23. The molecule has 0 aliphatic heterocycles. The van der Waals surface area contributed by atoms with Crippen LogP contribution in [0.5, 0.6) is 0 Å². The fourth-order valence-electron chi connectivity index (χ4n) is 4.36. The molecule has 0 aromatic heterocycles. The molecular formula is C25H30Br4. The van der Waals surface area contributed by atoms with E-state index in [9.17, 15) is 0 Å². The van der Waals surface area contributed by atoms with E-state index in [1.807, 2.05) is 0 Å². The molecule has 0 heterocycles. The summed E-state index contributed by atoms with van der Waals surface area (Å²) in [5, 5.41) is 2.66. The fraction of sp³-hybridized carbons (Fsp3) is 0.520. The third-order valence-electron chi connectivity index (χ3n) is 5.98. The lowest BCUT2D eigenvalue weighted by atomic mass is 9.80. The minimum absolute atomic E-state index is 0.157. The highest BCUT2D eigenvalue weighted by Crippen LogP contribution is 2.49. The molecule has 158 valence electrons. The van der Waals surface area contributed by atoms with Crippen LogP contribution in [-0.2, 0) is 0 Å². The van der Waals surface area contributed by atoms with Crippen LogP contribution in [0.3, 0.4) is 0 Å². The van der Waals surface area contributed by atoms with Crippen molar-refractivity contribution < 1.29 is 0 Å². The molecule has 0 amide bonds. The monoisotopic (exact) mass is 646 g/mol. The third-order valence-corrected chi connectivity index (χ3v) is 10.4. The molecule has 4 heteroatoms. The topological polar surface area (TPSA) is 0 Å². The van der Waals surface area contributed by atoms with Crippen molar-refractivity contribution in [2.75, 3.05) is 0 Å². The smallest absolute Gasteiger partial charge is 0.0793 e. The summed E-state index contributed by atoms with van der Waals surface area (Å²) in [5.74, 6) is 0. The highest BCUT2D eigenvalue weighted by molar-refractivity contribution is 9.13. The molecule has 2 aliphatic carbocycles. The van der Waals surface area contributed by atoms with Crippen LogP contribution in [0.2, 0.25) is 0 Å². The highest BCUT2D eigenvalue weighted by atomic mass is 79.9. The predicted molar refractivity (Wildman–Crippen MR) is 143 cm³/mol. The summed E-state index contributed by atoms with van der Waals surface area (Å²) >= 11 is 16.0. The standard InChI is InChI=1S/C25H30Br4/c1-3-5-7-9-22(27)24-21-16-17-15-18(26)11-12-19(17)20(21)13-14-25(24,29)23(28)10-8-6-4-2/h11-16,22-23H,3-10H2,1-2H3. The van der Waals surface area contributed by atoms with Crippen LogP contribution in [0.15, 0.2) is 46.0 Å². The quantitative estimate of drug-likeness (QED) is 0.178. The molecule has 3 atom stereocenters. The molecule has 1 aromatic carbocycles. The summed E-state index contributed by atoms with van der Waals surface area (Å²) < 4.78 is 0.981. The zero-order chi connectivity index (χ0) is 21.0. The average Bonchev–Trinajstić information content (AvgIpc) is 3.04. The van der Waals surface area contributed by atoms with Crippen LogP contribution in [0.4, 0.5) is 0 Å². The summed E-state index contributed by atoms with van der Waals surface area (Å²) in [5.41, 5.74) is 4.25. The van der Waals surface area contributed by atoms with Crippen LogP contribution in [0.1, 0.15) is 65.2 Å². The molecule has 29 heavy (non-hydrogen) atoms. The van der Waals surface area contributed by atoms with Crippen molar-refractivity contribution >= 4 is 75.4 Å². The molecule has 0 bridgehead atoms. The van der Waals surface area contributed by atoms with Crippen LogP contribution in [0.25, 0.3) is 11.6 Å². The molecule has 0 N–H and O–H groups in total. The zero-order valence-electron chi connectivity index (χ0n) is 17.3. The molecule has 0 radical (unpaired) electrons. The maximum absolute atomic E-state index is 4.22. The second kappa shape index (κ2) is 10.8. The lowest BCUT2D eigenvalue weighted by molar-refractivity contribution is 0.600. The Kier molecular flexibility index (Phi) is 8.93. The van der Waals surface area contributed by atoms with Gasteiger partial charge in [0.2, 0.25) is 0 Å². The van der Waals surface area contributed by atoms with E-state index in [0.29, 0.717) is 9.65 Å². The van der Waals surface area contributed by atoms with Gasteiger partial charge in [0, 0.05) is 14.1 Å². The minimum Gasteiger partial charge on any atom is -0.0868 e. The first kappa shape index (κ1) is 24.0. The zero-order valence-corrected chi connectivity index (χ0v) is 23.6. The van der Waals surface area contributed by atoms with Gasteiger partial charge in [0.15, 0.2) is 0 Å². The van der Waals surface area contributed by atoms with E-state index in [1.165, 1.54) is 78.5 Å². The van der Waals surface area contributed by atoms with Crippen molar-refractivity contribution in [3.63, 3.8) is 0 Å². The Morgan fingerprint density at radius 2 is 1.62 bits per heavy atom. The average molecular weight is 650 g/mol. The van der Waals surface area contributed by atoms with Crippen molar-refractivity contribution in [2.45, 2.75) is 79.2 Å². The minimum atomic E-state index is -0.157. The Bertz CT molecular complexity index is 911. The van der Waals surface area contributed by atoms with Crippen molar-refractivity contribution in [2.24, 2.45) is 0 Å². The van der Waals surface area contributed by atoms with Gasteiger partial charge >= 0.3 is 0 Å². The van der Waals surface area contributed by atoms with Gasteiger partial charge in [-0.2, -0.15) is 0 Å². The predicted octanol–water partition coefficient (Wildman–Crippen LogP) is 8.08. The molecule has 0 spiro atoms. The first-order valence-corrected chi connectivity index (χ1v) is 14.3. The molecule has 0 nitrogen and oxygen atoms in total. The number of allylic oxidation sites excluding steroid dienone is 4. The van der Waals surface area contributed by atoms with Crippen LogP contribution in [-0.4, -0.2) is 14.0 Å². The fourth-order valence-corrected chi connectivity index (χ4v) is 7.57. The van der Waals surface area contributed by atoms with E-state index in [0.717, 1.165) is 4.47 Å². The summed E-state index contributed by atoms with van der Waals surface area (Å²) in [6.45, 7) is 4.55. The summed E-state index contributed by atoms with van der Waals surface area (Å²) in [6.07, 6.45) is 17.1. The van der Waals surface area contributed by atoms with Gasteiger partial charge in [-0.1, -0.05) is 134 Å². The summed E-state index contributed by atoms with van der Waals surface area (Å²) in [6, 6.07) is 6.63. The molecule has 3 unspecified atom stereocenters. The van der Waals surface area contributed by atoms with Crippen molar-refractivity contribution in [3.8, 4) is 0 Å². The van der Waals surface area contributed by atoms with Gasteiger partial charge in [0.1, 0.15) is 0 Å². The Labute approximate surface area is 209 Å². The van der Waals surface area contributed by atoms with Crippen LogP contribution >= 0.6 is 63.7 Å². The second-order valence-electron chi connectivity index (χ2n) is 8.14. The molecule has 3 rings (SSSR count). The Morgan fingerprint density at radius 1 is 0.931 bits per heavy atom. The SMILES string of the molecule is CCCCCC(Br)C1=C2C=c3cc(Br)ccc3=C2C=CC1(Br)C(Br)CCCCC. The first-order chi connectivity index (χ1) is 13.9. The number of hydrogen-bond acceptors (Lipinski definition) is 0. The summed E-state index contributed by atoms with van der Waals surface area (Å²) in [4.78, 5) is 0.737. The number of rotatable bonds is 10. The number of alkyl halides is 3. The lowest BCUT2D eigenvalue weighted by Gasteiger charge is -2.39. The highest BCUT2D eigenvalue weighted by Gasteiger charge is 2.42. The molecule has 1 aromatic rings. The van der Waals surface area contributed by atoms with Gasteiger partial charge in [0.25, 0.3) is 0 Å². The van der Waals surface area contributed by atoms with Gasteiger partial charge in [-0.05, 0) is 58.2 Å². The van der Waals surface area contributed by atoms with E-state index in [-0.39, 0.29) is 4.32 Å². The van der Waals surface area contributed by atoms with Gasteiger partial charge < -0.3 is 0 Å². The molecule has 0 saturated heterocycles. The van der Waals surface area contributed by atoms with E-state index >= 15 is 0 Å². The number of unbranched alkanes of at least 4 members (excludes halogenated alkanes) is 4. The first-order valence-electron chi connectivity index (χ1n) is 10.8. The lowest BCUT2D eigenvalue weighted by Crippen LogP contribution is -2.38. The molecule has 0 fully saturated rings. The maximum atomic E-state index is 4.22. The van der Waals surface area contributed by atoms with Gasteiger partial charge in [-0.15, -0.1) is 0 Å². The number of halogens is 4. The number of fused-ring (bicyclic) bond motifs is 2. The number of hydrogen-bond donors (Lipinski definition) is 0. The second-order valence-corrected chi connectivity index (χ2v) is 12.6. The molecular weight excluding hydrogens is 620 g/mol. The largest absolute Gasteiger partial charge is 0.0868 e. The van der Waals surface area contributed by atoms with Crippen molar-refractivity contribution in [1.82, 2.24) is 0 Å². The van der Waals surface area contributed by atoms with Gasteiger partial charge in [-0.25, -0.2) is 0 Å². The molecule has 0 saturated carbocycles. The van der Waals surface area contributed by atoms with Crippen LogP contribution < -0.4 is 10.4 Å². The van der Waals surface area contributed by atoms with Gasteiger partial charge in [-0.3, -0.25) is 0 Å². The Balaban J connectivity index is 2.06. The van der Waals surface area contributed by atoms with Crippen LogP contribution in [0, 0.1) is 0 Å². The molecule has 2 aliphatic rings. The van der Waals surface area contributed by atoms with Crippen molar-refractivity contribution in [1.29, 1.82) is 0 Å². The van der Waals surface area contributed by atoms with E-state index in [2.05, 4.69) is 114 Å². The maximum Gasteiger partial charge on any atom is 0.0793 e. The Morgan fingerprint density at radius 3 is 2.31 bits per heavy atom. The number of benzene rings is 1.